The minimum atomic E-state index is -1.46. The van der Waals surface area contributed by atoms with Crippen molar-refractivity contribution < 1.29 is 38.4 Å². The minimum absolute atomic E-state index is 0.00721. The van der Waals surface area contributed by atoms with E-state index in [4.69, 9.17) is 18.9 Å². The van der Waals surface area contributed by atoms with Crippen molar-refractivity contribution in [3.8, 4) is 0 Å². The van der Waals surface area contributed by atoms with Crippen LogP contribution in [0.5, 0.6) is 0 Å². The topological polar surface area (TPSA) is 125 Å². The average Bonchev–Trinajstić information content (AvgIpc) is 3.01. The smallest absolute Gasteiger partial charge is 0.319 e. The third-order valence-corrected chi connectivity index (χ3v) is 10.5. The second kappa shape index (κ2) is 16.2. The lowest BCUT2D eigenvalue weighted by molar-refractivity contribution is -0.295. The molecule has 272 valence electrons. The van der Waals surface area contributed by atoms with Gasteiger partial charge in [0.25, 0.3) is 0 Å². The normalized spacial score (nSPS) is 37.1. The van der Waals surface area contributed by atoms with Crippen molar-refractivity contribution >= 4 is 17.8 Å². The largest absolute Gasteiger partial charge is 0.463 e. The number of Topliss-reactive ketones (excluding diaryl/α,β-unsaturated/α-hetero) is 1. The number of likely N-dealkylation sites (N-methyl/N-ethyl adjacent to an activating group) is 2. The molecule has 3 fully saturated rings. The van der Waals surface area contributed by atoms with Gasteiger partial charge < -0.3 is 38.8 Å². The van der Waals surface area contributed by atoms with E-state index in [1.165, 1.54) is 0 Å². The number of hydrogen-bond acceptors (Lipinski definition) is 11. The second-order valence-corrected chi connectivity index (χ2v) is 15.4. The lowest BCUT2D eigenvalue weighted by atomic mass is 9.74. The number of carbonyl (C=O) groups excluding carboxylic acids is 3. The molecule has 0 saturated carbocycles. The quantitative estimate of drug-likeness (QED) is 0.328. The molecule has 13 heteroatoms. The van der Waals surface area contributed by atoms with Crippen molar-refractivity contribution in [1.82, 2.24) is 24.5 Å². The van der Waals surface area contributed by atoms with Crippen LogP contribution in [0.25, 0.3) is 0 Å². The summed E-state index contributed by atoms with van der Waals surface area (Å²) in [6, 6.07) is -0.309. The molecule has 3 aliphatic heterocycles. The number of hydrogen-bond donors (Lipinski definition) is 1. The van der Waals surface area contributed by atoms with Crippen LogP contribution in [0.1, 0.15) is 54.4 Å². The van der Waals surface area contributed by atoms with Crippen molar-refractivity contribution in [2.24, 2.45) is 17.3 Å². The molecular formula is C34H63N5O8. The molecule has 0 radical (unpaired) electrons. The summed E-state index contributed by atoms with van der Waals surface area (Å²) >= 11 is 0. The number of esters is 1. The zero-order valence-corrected chi connectivity index (χ0v) is 31.0. The predicted octanol–water partition coefficient (Wildman–Crippen LogP) is 1.62. The lowest BCUT2D eigenvalue weighted by Gasteiger charge is -2.47. The van der Waals surface area contributed by atoms with Crippen molar-refractivity contribution in [3.63, 3.8) is 0 Å². The molecular weight excluding hydrogens is 606 g/mol. The molecule has 0 aromatic heterocycles. The molecule has 2 amide bonds. The number of rotatable bonds is 6. The van der Waals surface area contributed by atoms with E-state index in [-0.39, 0.29) is 42.5 Å². The summed E-state index contributed by atoms with van der Waals surface area (Å²) in [5.74, 6) is -1.59. The van der Waals surface area contributed by atoms with Crippen LogP contribution < -0.4 is 0 Å². The van der Waals surface area contributed by atoms with E-state index in [0.717, 1.165) is 13.1 Å². The van der Waals surface area contributed by atoms with Gasteiger partial charge in [-0.05, 0) is 67.6 Å². The minimum Gasteiger partial charge on any atom is -0.463 e. The third kappa shape index (κ3) is 9.43. The van der Waals surface area contributed by atoms with Gasteiger partial charge in [-0.2, -0.15) is 0 Å². The Morgan fingerprint density at radius 1 is 1.04 bits per heavy atom. The Labute approximate surface area is 282 Å². The first-order valence-electron chi connectivity index (χ1n) is 17.1. The number of aliphatic hydroxyl groups is 1. The number of cyclic esters (lactones) is 1. The highest BCUT2D eigenvalue weighted by atomic mass is 16.7. The number of methoxy groups -OCH3 is 1. The van der Waals surface area contributed by atoms with Gasteiger partial charge in [0.15, 0.2) is 12.1 Å². The highest BCUT2D eigenvalue weighted by Crippen LogP contribution is 2.38. The van der Waals surface area contributed by atoms with E-state index in [1.54, 1.807) is 46.9 Å². The summed E-state index contributed by atoms with van der Waals surface area (Å²) in [6.45, 7) is 15.2. The molecule has 0 aromatic carbocycles. The summed E-state index contributed by atoms with van der Waals surface area (Å²) in [6.07, 6.45) is -1.73. The maximum Gasteiger partial charge on any atom is 0.319 e. The Bertz CT molecular complexity index is 1070. The van der Waals surface area contributed by atoms with Crippen LogP contribution in [0.3, 0.4) is 0 Å². The van der Waals surface area contributed by atoms with Crippen LogP contribution in [-0.4, -0.2) is 178 Å². The van der Waals surface area contributed by atoms with Gasteiger partial charge in [-0.1, -0.05) is 13.8 Å². The molecule has 13 nitrogen and oxygen atoms in total. The van der Waals surface area contributed by atoms with E-state index in [2.05, 4.69) is 16.7 Å². The summed E-state index contributed by atoms with van der Waals surface area (Å²) in [7, 11) is 11.0. The van der Waals surface area contributed by atoms with Crippen LogP contribution >= 0.6 is 0 Å². The van der Waals surface area contributed by atoms with E-state index < -0.39 is 41.4 Å². The second-order valence-electron chi connectivity index (χ2n) is 15.4. The summed E-state index contributed by atoms with van der Waals surface area (Å²) in [4.78, 5) is 50.3. The first-order valence-corrected chi connectivity index (χ1v) is 17.1. The number of ether oxygens (including phenoxy) is 4. The van der Waals surface area contributed by atoms with Crippen LogP contribution in [0, 0.1) is 17.3 Å². The SMILES string of the molecule is CO[C@]1(C)C[C@@H](C)CN(C)[C@H](CN2CCN(C(=O)N(C)C)CC2)COC(=O)C(C)(C)C(=O)[C@H](C)[C@H]1O[C@@H]1O[C@H](C)C[C@H](N(C)C)[C@H]1O. The molecule has 9 atom stereocenters. The molecule has 1 N–H and O–H groups in total. The summed E-state index contributed by atoms with van der Waals surface area (Å²) < 4.78 is 24.9. The van der Waals surface area contributed by atoms with Crippen molar-refractivity contribution in [1.29, 1.82) is 0 Å². The molecule has 3 heterocycles. The Balaban J connectivity index is 1.89. The predicted molar refractivity (Wildman–Crippen MR) is 179 cm³/mol. The van der Waals surface area contributed by atoms with Crippen LogP contribution in [0.2, 0.25) is 0 Å². The fourth-order valence-electron chi connectivity index (χ4n) is 7.48. The van der Waals surface area contributed by atoms with Gasteiger partial charge in [0.1, 0.15) is 18.1 Å². The molecule has 0 bridgehead atoms. The number of amides is 2. The monoisotopic (exact) mass is 669 g/mol. The van der Waals surface area contributed by atoms with E-state index in [1.807, 2.05) is 44.8 Å². The van der Waals surface area contributed by atoms with E-state index in [0.29, 0.717) is 39.0 Å². The number of piperazine rings is 1. The third-order valence-electron chi connectivity index (χ3n) is 10.5. The standard InChI is InChI=1S/C34H63N5O8/c1-22-18-34(6,44-12)29(47-30-27(40)26(35(7)8)17-23(2)46-30)24(3)28(41)33(4,5)31(42)45-21-25(37(11)19-22)20-38-13-15-39(16-14-38)32(43)36(9)10/h22-27,29-30,40H,13-21H2,1-12H3/t22-,23-,24+,25-,26+,27-,29-,30+,34-/m1/s1. The lowest BCUT2D eigenvalue weighted by Crippen LogP contribution is -2.59. The van der Waals surface area contributed by atoms with Crippen LogP contribution in [0.4, 0.5) is 4.79 Å². The maximum atomic E-state index is 14.2. The molecule has 0 aromatic rings. The van der Waals surface area contributed by atoms with Crippen LogP contribution in [-0.2, 0) is 28.5 Å². The molecule has 3 aliphatic rings. The van der Waals surface area contributed by atoms with Gasteiger partial charge in [-0.3, -0.25) is 19.4 Å². The highest BCUT2D eigenvalue weighted by Gasteiger charge is 2.51. The van der Waals surface area contributed by atoms with E-state index in [9.17, 15) is 19.5 Å². The van der Waals surface area contributed by atoms with Gasteiger partial charge in [0.05, 0.1) is 23.9 Å². The summed E-state index contributed by atoms with van der Waals surface area (Å²) in [5, 5.41) is 11.3. The number of aliphatic hydroxyl groups excluding tert-OH is 1. The van der Waals surface area contributed by atoms with Gasteiger partial charge in [0.2, 0.25) is 0 Å². The molecule has 3 saturated heterocycles. The Kier molecular flexibility index (Phi) is 13.7. The van der Waals surface area contributed by atoms with Crippen molar-refractivity contribution in [3.05, 3.63) is 0 Å². The van der Waals surface area contributed by atoms with Gasteiger partial charge in [-0.25, -0.2) is 4.79 Å². The average molecular weight is 670 g/mol. The van der Waals surface area contributed by atoms with Crippen LogP contribution in [0.15, 0.2) is 0 Å². The number of nitrogens with zero attached hydrogens (tertiary/aromatic N) is 5. The maximum absolute atomic E-state index is 14.2. The van der Waals surface area contributed by atoms with Gasteiger partial charge in [-0.15, -0.1) is 0 Å². The van der Waals surface area contributed by atoms with E-state index >= 15 is 0 Å². The number of carbonyl (C=O) groups is 3. The van der Waals surface area contributed by atoms with Crippen molar-refractivity contribution in [2.75, 3.05) is 88.2 Å². The Morgan fingerprint density at radius 3 is 2.21 bits per heavy atom. The summed E-state index contributed by atoms with van der Waals surface area (Å²) in [5.41, 5.74) is -2.41. The highest BCUT2D eigenvalue weighted by molar-refractivity contribution is 6.04. The first kappa shape index (κ1) is 39.6. The molecule has 3 rings (SSSR count). The number of urea groups is 1. The molecule has 0 aliphatic carbocycles. The fraction of sp³-hybridized carbons (Fsp3) is 0.912. The fourth-order valence-corrected chi connectivity index (χ4v) is 7.48. The Hall–Kier alpha value is -1.87. The zero-order chi connectivity index (χ0) is 35.4. The van der Waals surface area contributed by atoms with Gasteiger partial charge >= 0.3 is 12.0 Å². The molecule has 47 heavy (non-hydrogen) atoms. The van der Waals surface area contributed by atoms with Gasteiger partial charge in [0, 0.05) is 72.4 Å². The Morgan fingerprint density at radius 2 is 1.66 bits per heavy atom. The first-order chi connectivity index (χ1) is 21.8. The molecule has 0 unspecified atom stereocenters. The molecule has 0 spiro atoms. The van der Waals surface area contributed by atoms with Crippen molar-refractivity contribution in [2.45, 2.75) is 96.7 Å². The zero-order valence-electron chi connectivity index (χ0n) is 31.0. The number of ketones is 1.